The van der Waals surface area contributed by atoms with Crippen LogP contribution in [0.5, 0.6) is 0 Å². The van der Waals surface area contributed by atoms with E-state index in [4.69, 9.17) is 12.3 Å². The van der Waals surface area contributed by atoms with Crippen LogP contribution in [0.3, 0.4) is 0 Å². The summed E-state index contributed by atoms with van der Waals surface area (Å²) < 4.78 is 0. The number of nitrogens with zero attached hydrogens (tertiary/aromatic N) is 1. The number of carbonyl (C=O) groups excluding carboxylic acids is 2. The van der Waals surface area contributed by atoms with Gasteiger partial charge in [0.15, 0.2) is 5.69 Å². The summed E-state index contributed by atoms with van der Waals surface area (Å²) in [6.07, 6.45) is 1.91. The van der Waals surface area contributed by atoms with Gasteiger partial charge in [0.25, 0.3) is 5.91 Å². The van der Waals surface area contributed by atoms with E-state index >= 15 is 0 Å². The van der Waals surface area contributed by atoms with Gasteiger partial charge in [0.1, 0.15) is 4.88 Å². The Morgan fingerprint density at radius 2 is 2.18 bits per heavy atom. The quantitative estimate of drug-likeness (QED) is 0.476. The molecule has 1 aliphatic heterocycles. The number of hydrogen-bond acceptors (Lipinski definition) is 4. The summed E-state index contributed by atoms with van der Waals surface area (Å²) in [5, 5.41) is 8.73. The summed E-state index contributed by atoms with van der Waals surface area (Å²) in [6, 6.07) is 7.92. The SMILES string of the molecule is [C-]#[N+]c1cccc(C#Cc2cc(NC(N)=O)c(C(=O)N[C@H]3CCCNC3)s2)c1. The first-order valence-corrected chi connectivity index (χ1v) is 9.58. The standard InChI is InChI=1S/C20H19N5O2S/c1-22-14-5-2-4-13(10-14)7-8-16-11-17(25-20(21)27)18(28-16)19(26)24-15-6-3-9-23-12-15/h2,4-5,10-11,15,23H,3,6,9,12H2,(H,24,26)(H3,21,25,27)/t15-/m0/s1. The molecule has 0 unspecified atom stereocenters. The largest absolute Gasteiger partial charge is 0.351 e. The molecule has 0 aliphatic carbocycles. The second-order valence-electron chi connectivity index (χ2n) is 6.27. The van der Waals surface area contributed by atoms with Crippen molar-refractivity contribution in [2.75, 3.05) is 18.4 Å². The van der Waals surface area contributed by atoms with Gasteiger partial charge in [0.2, 0.25) is 0 Å². The number of carbonyl (C=O) groups is 2. The average Bonchev–Trinajstić information content (AvgIpc) is 3.09. The van der Waals surface area contributed by atoms with E-state index in [1.165, 1.54) is 11.3 Å². The highest BCUT2D eigenvalue weighted by Gasteiger charge is 2.21. The van der Waals surface area contributed by atoms with Crippen molar-refractivity contribution in [3.05, 3.63) is 57.1 Å². The molecule has 0 saturated carbocycles. The van der Waals surface area contributed by atoms with Crippen LogP contribution in [-0.4, -0.2) is 31.1 Å². The summed E-state index contributed by atoms with van der Waals surface area (Å²) in [7, 11) is 0. The van der Waals surface area contributed by atoms with Gasteiger partial charge in [-0.1, -0.05) is 24.0 Å². The highest BCUT2D eigenvalue weighted by molar-refractivity contribution is 7.15. The normalized spacial score (nSPS) is 15.6. The topological polar surface area (TPSA) is 101 Å². The lowest BCUT2D eigenvalue weighted by molar-refractivity contribution is 0.0935. The molecule has 1 fully saturated rings. The number of anilines is 1. The third-order valence-electron chi connectivity index (χ3n) is 4.13. The number of urea groups is 1. The third kappa shape index (κ3) is 5.10. The van der Waals surface area contributed by atoms with Crippen molar-refractivity contribution in [2.45, 2.75) is 18.9 Å². The molecule has 7 nitrogen and oxygen atoms in total. The number of thiophene rings is 1. The van der Waals surface area contributed by atoms with E-state index < -0.39 is 6.03 Å². The van der Waals surface area contributed by atoms with Crippen LogP contribution in [0.15, 0.2) is 30.3 Å². The molecule has 0 radical (unpaired) electrons. The summed E-state index contributed by atoms with van der Waals surface area (Å²) in [6.45, 7) is 8.74. The van der Waals surface area contributed by atoms with Crippen LogP contribution in [0.4, 0.5) is 16.2 Å². The molecule has 28 heavy (non-hydrogen) atoms. The molecule has 3 rings (SSSR count). The number of piperidine rings is 1. The first-order chi connectivity index (χ1) is 13.5. The molecule has 1 saturated heterocycles. The van der Waals surface area contributed by atoms with Crippen LogP contribution in [0.25, 0.3) is 4.85 Å². The number of primary amides is 1. The Bertz CT molecular complexity index is 990. The van der Waals surface area contributed by atoms with Gasteiger partial charge in [0.05, 0.1) is 17.1 Å². The van der Waals surface area contributed by atoms with Crippen molar-refractivity contribution < 1.29 is 9.59 Å². The highest BCUT2D eigenvalue weighted by Crippen LogP contribution is 2.27. The Morgan fingerprint density at radius 1 is 1.32 bits per heavy atom. The molecule has 2 aromatic rings. The molecule has 5 N–H and O–H groups in total. The van der Waals surface area contributed by atoms with E-state index in [1.54, 1.807) is 24.3 Å². The minimum absolute atomic E-state index is 0.0516. The number of nitrogens with one attached hydrogen (secondary N) is 3. The first kappa shape index (κ1) is 19.4. The Balaban J connectivity index is 1.83. The van der Waals surface area contributed by atoms with E-state index in [2.05, 4.69) is 32.6 Å². The molecule has 0 bridgehead atoms. The van der Waals surface area contributed by atoms with Crippen LogP contribution >= 0.6 is 11.3 Å². The molecule has 8 heteroatoms. The Labute approximate surface area is 167 Å². The molecule has 1 aliphatic rings. The molecule has 142 valence electrons. The van der Waals surface area contributed by atoms with Crippen LogP contribution in [0, 0.1) is 18.4 Å². The van der Waals surface area contributed by atoms with Gasteiger partial charge in [0, 0.05) is 18.2 Å². The third-order valence-corrected chi connectivity index (χ3v) is 5.18. The van der Waals surface area contributed by atoms with E-state index in [0.717, 1.165) is 25.9 Å². The fraction of sp³-hybridized carbons (Fsp3) is 0.250. The molecular weight excluding hydrogens is 374 g/mol. The fourth-order valence-corrected chi connectivity index (χ4v) is 3.73. The van der Waals surface area contributed by atoms with Gasteiger partial charge in [-0.05, 0) is 37.6 Å². The van der Waals surface area contributed by atoms with Crippen LogP contribution in [0.1, 0.15) is 33.0 Å². The number of amides is 3. The summed E-state index contributed by atoms with van der Waals surface area (Å²) in [5.74, 6) is 5.71. The maximum Gasteiger partial charge on any atom is 0.316 e. The van der Waals surface area contributed by atoms with Crippen molar-refractivity contribution in [2.24, 2.45) is 5.73 Å². The molecule has 0 spiro atoms. The van der Waals surface area contributed by atoms with Crippen LogP contribution in [0.2, 0.25) is 0 Å². The smallest absolute Gasteiger partial charge is 0.316 e. The van der Waals surface area contributed by atoms with Crippen molar-refractivity contribution in [1.82, 2.24) is 10.6 Å². The van der Waals surface area contributed by atoms with Crippen molar-refractivity contribution in [3.8, 4) is 11.8 Å². The number of rotatable bonds is 3. The monoisotopic (exact) mass is 393 g/mol. The zero-order chi connectivity index (χ0) is 19.9. The maximum absolute atomic E-state index is 12.7. The average molecular weight is 393 g/mol. The summed E-state index contributed by atoms with van der Waals surface area (Å²) in [4.78, 5) is 28.3. The maximum atomic E-state index is 12.7. The fourth-order valence-electron chi connectivity index (χ4n) is 2.86. The zero-order valence-electron chi connectivity index (χ0n) is 15.0. The number of benzene rings is 1. The predicted molar refractivity (Wildman–Crippen MR) is 110 cm³/mol. The van der Waals surface area contributed by atoms with Gasteiger partial charge < -0.3 is 21.7 Å². The van der Waals surface area contributed by atoms with Gasteiger partial charge in [-0.15, -0.1) is 11.3 Å². The van der Waals surface area contributed by atoms with Crippen molar-refractivity contribution in [3.63, 3.8) is 0 Å². The Hall–Kier alpha value is -3.33. The molecule has 1 aromatic heterocycles. The Morgan fingerprint density at radius 3 is 2.89 bits per heavy atom. The van der Waals surface area contributed by atoms with Gasteiger partial charge in [-0.25, -0.2) is 9.64 Å². The predicted octanol–water partition coefficient (Wildman–Crippen LogP) is 2.67. The minimum Gasteiger partial charge on any atom is -0.351 e. The first-order valence-electron chi connectivity index (χ1n) is 8.76. The Kier molecular flexibility index (Phi) is 6.28. The molecule has 2 heterocycles. The molecular formula is C20H19N5O2S. The van der Waals surface area contributed by atoms with Crippen molar-refractivity contribution in [1.29, 1.82) is 0 Å². The molecule has 1 atom stereocenters. The highest BCUT2D eigenvalue weighted by atomic mass is 32.1. The minimum atomic E-state index is -0.740. The van der Waals surface area contributed by atoms with Crippen LogP contribution < -0.4 is 21.7 Å². The van der Waals surface area contributed by atoms with Crippen LogP contribution in [-0.2, 0) is 0 Å². The van der Waals surface area contributed by atoms with Gasteiger partial charge >= 0.3 is 6.03 Å². The second kappa shape index (κ2) is 9.05. The zero-order valence-corrected chi connectivity index (χ0v) is 15.9. The van der Waals surface area contributed by atoms with E-state index in [-0.39, 0.29) is 11.9 Å². The lowest BCUT2D eigenvalue weighted by Gasteiger charge is -2.23. The number of hydrogen-bond donors (Lipinski definition) is 4. The number of nitrogens with two attached hydrogens (primary N) is 1. The summed E-state index contributed by atoms with van der Waals surface area (Å²) >= 11 is 1.19. The van der Waals surface area contributed by atoms with Crippen molar-refractivity contribution >= 4 is 34.6 Å². The van der Waals surface area contributed by atoms with E-state index in [0.29, 0.717) is 26.7 Å². The molecule has 3 amide bonds. The summed E-state index contributed by atoms with van der Waals surface area (Å²) in [5.41, 5.74) is 6.79. The second-order valence-corrected chi connectivity index (χ2v) is 7.32. The lowest BCUT2D eigenvalue weighted by atomic mass is 10.1. The van der Waals surface area contributed by atoms with E-state index in [1.807, 2.05) is 6.07 Å². The van der Waals surface area contributed by atoms with E-state index in [9.17, 15) is 9.59 Å². The lowest BCUT2D eigenvalue weighted by Crippen LogP contribution is -2.45. The van der Waals surface area contributed by atoms with Gasteiger partial charge in [-0.2, -0.15) is 0 Å². The van der Waals surface area contributed by atoms with Gasteiger partial charge in [-0.3, -0.25) is 4.79 Å². The molecule has 1 aromatic carbocycles.